The number of nitrogens with zero attached hydrogens (tertiary/aromatic N) is 5. The van der Waals surface area contributed by atoms with Gasteiger partial charge in [0.1, 0.15) is 0 Å². The Morgan fingerprint density at radius 1 is 1.45 bits per heavy atom. The molecule has 3 heterocycles. The molecule has 0 saturated carbocycles. The van der Waals surface area contributed by atoms with E-state index in [0.717, 1.165) is 12.2 Å². The molecule has 7 nitrogen and oxygen atoms in total. The van der Waals surface area contributed by atoms with Crippen molar-refractivity contribution in [3.63, 3.8) is 0 Å². The van der Waals surface area contributed by atoms with E-state index in [1.807, 2.05) is 24.8 Å². The van der Waals surface area contributed by atoms with Crippen LogP contribution in [0, 0.1) is 6.92 Å². The van der Waals surface area contributed by atoms with E-state index in [1.165, 1.54) is 0 Å². The topological polar surface area (TPSA) is 75.4 Å². The molecule has 2 aromatic rings. The van der Waals surface area contributed by atoms with Crippen molar-refractivity contribution in [1.82, 2.24) is 29.8 Å². The molecule has 0 bridgehead atoms. The van der Waals surface area contributed by atoms with Gasteiger partial charge in [-0.25, -0.2) is 9.50 Å². The van der Waals surface area contributed by atoms with Crippen LogP contribution in [0.4, 0.5) is 0 Å². The second-order valence-electron chi connectivity index (χ2n) is 5.22. The Bertz CT molecular complexity index is 651. The number of hydrogen-bond acceptors (Lipinski definition) is 5. The fourth-order valence-corrected chi connectivity index (χ4v) is 2.47. The summed E-state index contributed by atoms with van der Waals surface area (Å²) >= 11 is 0. The first-order valence-corrected chi connectivity index (χ1v) is 6.80. The van der Waals surface area contributed by atoms with E-state index in [4.69, 9.17) is 0 Å². The van der Waals surface area contributed by atoms with Crippen molar-refractivity contribution >= 4 is 11.7 Å². The van der Waals surface area contributed by atoms with Gasteiger partial charge in [0.15, 0.2) is 0 Å². The van der Waals surface area contributed by atoms with Crippen molar-refractivity contribution in [3.05, 3.63) is 23.8 Å². The molecule has 106 valence electrons. The van der Waals surface area contributed by atoms with Gasteiger partial charge in [0.2, 0.25) is 5.82 Å². The van der Waals surface area contributed by atoms with Gasteiger partial charge in [0, 0.05) is 37.1 Å². The maximum atomic E-state index is 12.6. The maximum Gasteiger partial charge on any atom is 0.293 e. The summed E-state index contributed by atoms with van der Waals surface area (Å²) in [5, 5.41) is 7.63. The SMILES string of the molecule is Cc1ccnc2nc(C(=O)N3CCNC(C)C3C)nn12. The van der Waals surface area contributed by atoms with Crippen molar-refractivity contribution in [2.45, 2.75) is 32.9 Å². The number of aromatic nitrogens is 4. The van der Waals surface area contributed by atoms with Gasteiger partial charge in [0.05, 0.1) is 0 Å². The molecule has 0 aromatic carbocycles. The molecule has 2 atom stereocenters. The Hall–Kier alpha value is -2.02. The number of fused-ring (bicyclic) bond motifs is 1. The van der Waals surface area contributed by atoms with Crippen LogP contribution >= 0.6 is 0 Å². The molecule has 0 aliphatic carbocycles. The molecule has 7 heteroatoms. The smallest absolute Gasteiger partial charge is 0.293 e. The van der Waals surface area contributed by atoms with Gasteiger partial charge in [-0.05, 0) is 26.8 Å². The molecule has 20 heavy (non-hydrogen) atoms. The molecule has 0 radical (unpaired) electrons. The molecule has 1 aliphatic heterocycles. The van der Waals surface area contributed by atoms with Crippen molar-refractivity contribution in [3.8, 4) is 0 Å². The van der Waals surface area contributed by atoms with Gasteiger partial charge in [0.25, 0.3) is 11.7 Å². The van der Waals surface area contributed by atoms with E-state index in [2.05, 4.69) is 27.3 Å². The number of hydrogen-bond donors (Lipinski definition) is 1. The summed E-state index contributed by atoms with van der Waals surface area (Å²) in [5.41, 5.74) is 0.906. The van der Waals surface area contributed by atoms with Crippen molar-refractivity contribution < 1.29 is 4.79 Å². The number of nitrogens with one attached hydrogen (secondary N) is 1. The second-order valence-corrected chi connectivity index (χ2v) is 5.22. The van der Waals surface area contributed by atoms with Crippen LogP contribution in [0.5, 0.6) is 0 Å². The second kappa shape index (κ2) is 4.82. The Kier molecular flexibility index (Phi) is 3.13. The lowest BCUT2D eigenvalue weighted by atomic mass is 10.1. The van der Waals surface area contributed by atoms with Gasteiger partial charge in [-0.15, -0.1) is 5.10 Å². The van der Waals surface area contributed by atoms with Crippen molar-refractivity contribution in [2.24, 2.45) is 0 Å². The van der Waals surface area contributed by atoms with E-state index in [0.29, 0.717) is 12.3 Å². The minimum absolute atomic E-state index is 0.122. The van der Waals surface area contributed by atoms with Crippen LogP contribution in [0.3, 0.4) is 0 Å². The van der Waals surface area contributed by atoms with Crippen molar-refractivity contribution in [1.29, 1.82) is 0 Å². The van der Waals surface area contributed by atoms with Crippen LogP contribution < -0.4 is 5.32 Å². The standard InChI is InChI=1S/C13H18N6O/c1-8-4-5-15-13-16-11(17-19(8)13)12(20)18-7-6-14-9(2)10(18)3/h4-5,9-10,14H,6-7H2,1-3H3. The predicted molar refractivity (Wildman–Crippen MR) is 73.5 cm³/mol. The average Bonchev–Trinajstić information content (AvgIpc) is 2.87. The third-order valence-corrected chi connectivity index (χ3v) is 3.92. The predicted octanol–water partition coefficient (Wildman–Crippen LogP) is 0.255. The molecule has 1 amide bonds. The summed E-state index contributed by atoms with van der Waals surface area (Å²) in [6, 6.07) is 2.23. The molecule has 2 unspecified atom stereocenters. The summed E-state index contributed by atoms with van der Waals surface area (Å²) in [5.74, 6) is 0.549. The van der Waals surface area contributed by atoms with Crippen LogP contribution in [-0.2, 0) is 0 Å². The number of aryl methyl sites for hydroxylation is 1. The summed E-state index contributed by atoms with van der Waals surface area (Å²) in [4.78, 5) is 22.8. The maximum absolute atomic E-state index is 12.6. The molecular formula is C13H18N6O. The first-order chi connectivity index (χ1) is 9.58. The minimum Gasteiger partial charge on any atom is -0.330 e. The Labute approximate surface area is 117 Å². The third-order valence-electron chi connectivity index (χ3n) is 3.92. The lowest BCUT2D eigenvalue weighted by Gasteiger charge is -2.37. The van der Waals surface area contributed by atoms with Gasteiger partial charge < -0.3 is 10.2 Å². The first kappa shape index (κ1) is 13.0. The summed E-state index contributed by atoms with van der Waals surface area (Å²) in [7, 11) is 0. The zero-order valence-electron chi connectivity index (χ0n) is 11.9. The zero-order valence-corrected chi connectivity index (χ0v) is 11.9. The lowest BCUT2D eigenvalue weighted by Crippen LogP contribution is -2.57. The number of amides is 1. The van der Waals surface area contributed by atoms with E-state index in [9.17, 15) is 4.79 Å². The monoisotopic (exact) mass is 274 g/mol. The minimum atomic E-state index is -0.129. The quantitative estimate of drug-likeness (QED) is 0.807. The molecule has 1 aliphatic rings. The Balaban J connectivity index is 1.94. The summed E-state index contributed by atoms with van der Waals surface area (Å²) < 4.78 is 1.60. The van der Waals surface area contributed by atoms with Gasteiger partial charge >= 0.3 is 0 Å². The van der Waals surface area contributed by atoms with Crippen LogP contribution in [0.1, 0.15) is 30.2 Å². The molecule has 1 saturated heterocycles. The van der Waals surface area contributed by atoms with Crippen LogP contribution in [-0.4, -0.2) is 55.6 Å². The fraction of sp³-hybridized carbons (Fsp3) is 0.538. The highest BCUT2D eigenvalue weighted by Gasteiger charge is 2.31. The largest absolute Gasteiger partial charge is 0.330 e. The molecule has 0 spiro atoms. The van der Waals surface area contributed by atoms with E-state index >= 15 is 0 Å². The number of piperazine rings is 1. The summed E-state index contributed by atoms with van der Waals surface area (Å²) in [6.45, 7) is 7.49. The van der Waals surface area contributed by atoms with E-state index in [-0.39, 0.29) is 23.8 Å². The highest BCUT2D eigenvalue weighted by molar-refractivity contribution is 5.91. The number of carbonyl (C=O) groups is 1. The van der Waals surface area contributed by atoms with Gasteiger partial charge in [-0.2, -0.15) is 4.98 Å². The summed E-state index contributed by atoms with van der Waals surface area (Å²) in [6.07, 6.45) is 1.67. The lowest BCUT2D eigenvalue weighted by molar-refractivity contribution is 0.0590. The third kappa shape index (κ3) is 2.03. The van der Waals surface area contributed by atoms with Crippen LogP contribution in [0.2, 0.25) is 0 Å². The Morgan fingerprint density at radius 2 is 2.25 bits per heavy atom. The zero-order chi connectivity index (χ0) is 14.3. The molecule has 3 rings (SSSR count). The Morgan fingerprint density at radius 3 is 3.00 bits per heavy atom. The van der Waals surface area contributed by atoms with Crippen LogP contribution in [0.25, 0.3) is 5.78 Å². The highest BCUT2D eigenvalue weighted by Crippen LogP contribution is 2.12. The molecule has 1 N–H and O–H groups in total. The number of carbonyl (C=O) groups excluding carboxylic acids is 1. The van der Waals surface area contributed by atoms with Gasteiger partial charge in [-0.3, -0.25) is 4.79 Å². The van der Waals surface area contributed by atoms with E-state index in [1.54, 1.807) is 10.7 Å². The molecule has 1 fully saturated rings. The first-order valence-electron chi connectivity index (χ1n) is 6.80. The molecular weight excluding hydrogens is 256 g/mol. The van der Waals surface area contributed by atoms with E-state index < -0.39 is 0 Å². The fourth-order valence-electron chi connectivity index (χ4n) is 2.47. The molecule has 2 aromatic heterocycles. The van der Waals surface area contributed by atoms with Crippen molar-refractivity contribution in [2.75, 3.05) is 13.1 Å². The normalized spacial score (nSPS) is 23.2. The van der Waals surface area contributed by atoms with Crippen LogP contribution in [0.15, 0.2) is 12.3 Å². The highest BCUT2D eigenvalue weighted by atomic mass is 16.2. The van der Waals surface area contributed by atoms with Gasteiger partial charge in [-0.1, -0.05) is 0 Å². The number of rotatable bonds is 1. The average molecular weight is 274 g/mol.